The van der Waals surface area contributed by atoms with Gasteiger partial charge >= 0.3 is 5.97 Å². The molecular formula is C12H16ClNO5S2. The molecule has 0 aliphatic carbocycles. The van der Waals surface area contributed by atoms with Crippen molar-refractivity contribution in [3.05, 3.63) is 16.5 Å². The first-order valence-electron chi connectivity index (χ1n) is 6.48. The summed E-state index contributed by atoms with van der Waals surface area (Å²) in [5.74, 6) is -0.899. The van der Waals surface area contributed by atoms with Crippen LogP contribution in [0.5, 0.6) is 0 Å². The number of piperidine rings is 1. The van der Waals surface area contributed by atoms with E-state index < -0.39 is 16.0 Å². The van der Waals surface area contributed by atoms with Gasteiger partial charge in [0.1, 0.15) is 4.21 Å². The Morgan fingerprint density at radius 2 is 2.10 bits per heavy atom. The summed E-state index contributed by atoms with van der Waals surface area (Å²) in [7, 11) is -3.48. The van der Waals surface area contributed by atoms with Gasteiger partial charge in [0, 0.05) is 13.1 Å². The summed E-state index contributed by atoms with van der Waals surface area (Å²) in [6.07, 6.45) is 1.02. The largest absolute Gasteiger partial charge is 0.481 e. The normalized spacial score (nSPS) is 18.0. The first-order valence-corrected chi connectivity index (χ1v) is 9.12. The number of hydrogen-bond donors (Lipinski definition) is 1. The van der Waals surface area contributed by atoms with Crippen LogP contribution in [0, 0.1) is 0 Å². The number of carboxylic acids is 1. The van der Waals surface area contributed by atoms with Gasteiger partial charge in [0.25, 0.3) is 10.0 Å². The molecule has 0 saturated carbocycles. The number of sulfonamides is 1. The van der Waals surface area contributed by atoms with E-state index in [-0.39, 0.29) is 23.3 Å². The quantitative estimate of drug-likeness (QED) is 0.846. The molecule has 0 radical (unpaired) electrons. The van der Waals surface area contributed by atoms with Gasteiger partial charge in [-0.05, 0) is 25.0 Å². The highest BCUT2D eigenvalue weighted by Crippen LogP contribution is 2.29. The Bertz CT molecular complexity index is 593. The van der Waals surface area contributed by atoms with E-state index in [2.05, 4.69) is 0 Å². The number of thiophene rings is 1. The molecule has 0 aromatic carbocycles. The van der Waals surface area contributed by atoms with Gasteiger partial charge in [0.2, 0.25) is 0 Å². The molecular weight excluding hydrogens is 338 g/mol. The summed E-state index contributed by atoms with van der Waals surface area (Å²) in [5, 5.41) is 8.54. The van der Waals surface area contributed by atoms with E-state index in [4.69, 9.17) is 21.4 Å². The van der Waals surface area contributed by atoms with Gasteiger partial charge in [-0.15, -0.1) is 11.3 Å². The number of aliphatic carboxylic acids is 1. The highest BCUT2D eigenvalue weighted by Gasteiger charge is 2.30. The molecule has 1 aliphatic rings. The summed E-state index contributed by atoms with van der Waals surface area (Å²) in [4.78, 5) is 10.4. The van der Waals surface area contributed by atoms with Crippen LogP contribution >= 0.6 is 22.9 Å². The summed E-state index contributed by atoms with van der Waals surface area (Å²) >= 11 is 6.82. The van der Waals surface area contributed by atoms with E-state index in [0.29, 0.717) is 30.3 Å². The van der Waals surface area contributed by atoms with Crippen LogP contribution in [0.3, 0.4) is 0 Å². The number of rotatable bonds is 6. The Labute approximate surface area is 132 Å². The van der Waals surface area contributed by atoms with Crippen LogP contribution in [0.1, 0.15) is 19.3 Å². The number of carbonyl (C=O) groups is 1. The molecule has 0 unspecified atom stereocenters. The minimum atomic E-state index is -3.48. The fraction of sp³-hybridized carbons (Fsp3) is 0.583. The van der Waals surface area contributed by atoms with Crippen LogP contribution < -0.4 is 0 Å². The molecule has 21 heavy (non-hydrogen) atoms. The van der Waals surface area contributed by atoms with Gasteiger partial charge in [-0.1, -0.05) is 11.6 Å². The van der Waals surface area contributed by atoms with Gasteiger partial charge in [-0.2, -0.15) is 4.31 Å². The lowest BCUT2D eigenvalue weighted by Gasteiger charge is -2.30. The maximum Gasteiger partial charge on any atom is 0.305 e. The molecule has 1 aromatic heterocycles. The fourth-order valence-corrected chi connectivity index (χ4v) is 5.22. The topological polar surface area (TPSA) is 83.9 Å². The van der Waals surface area contributed by atoms with Crippen LogP contribution in [-0.4, -0.2) is 49.6 Å². The second-order valence-electron chi connectivity index (χ2n) is 4.68. The zero-order valence-corrected chi connectivity index (χ0v) is 13.6. The Morgan fingerprint density at radius 3 is 2.62 bits per heavy atom. The maximum atomic E-state index is 12.4. The molecule has 118 valence electrons. The van der Waals surface area contributed by atoms with Gasteiger partial charge < -0.3 is 9.84 Å². The average Bonchev–Trinajstić information content (AvgIpc) is 2.86. The summed E-state index contributed by atoms with van der Waals surface area (Å²) < 4.78 is 32.3. The van der Waals surface area contributed by atoms with E-state index in [9.17, 15) is 13.2 Å². The van der Waals surface area contributed by atoms with Gasteiger partial charge in [-0.25, -0.2) is 8.42 Å². The number of ether oxygens (including phenoxy) is 1. The Balaban J connectivity index is 1.87. The molecule has 6 nitrogen and oxygen atoms in total. The monoisotopic (exact) mass is 353 g/mol. The van der Waals surface area contributed by atoms with Gasteiger partial charge in [0.15, 0.2) is 0 Å². The zero-order chi connectivity index (χ0) is 15.5. The molecule has 0 atom stereocenters. The second-order valence-corrected chi connectivity index (χ2v) is 8.56. The molecule has 0 amide bonds. The number of hydrogen-bond acceptors (Lipinski definition) is 5. The van der Waals surface area contributed by atoms with Crippen molar-refractivity contribution in [3.8, 4) is 0 Å². The highest BCUT2D eigenvalue weighted by atomic mass is 35.5. The number of carboxylic acid groups (broad SMARTS) is 1. The third-order valence-corrected chi connectivity index (χ3v) is 6.81. The van der Waals surface area contributed by atoms with Crippen molar-refractivity contribution in [1.29, 1.82) is 0 Å². The van der Waals surface area contributed by atoms with Crippen molar-refractivity contribution < 1.29 is 23.1 Å². The third-order valence-electron chi connectivity index (χ3n) is 3.21. The van der Waals surface area contributed by atoms with Crippen molar-refractivity contribution >= 4 is 38.9 Å². The highest BCUT2D eigenvalue weighted by molar-refractivity contribution is 7.91. The summed E-state index contributed by atoms with van der Waals surface area (Å²) in [6, 6.07) is 3.08. The first kappa shape index (κ1) is 16.7. The molecule has 9 heteroatoms. The van der Waals surface area contributed by atoms with E-state index in [0.717, 1.165) is 11.3 Å². The van der Waals surface area contributed by atoms with E-state index >= 15 is 0 Å². The SMILES string of the molecule is O=C(O)CCOC1CCN(S(=O)(=O)c2ccc(Cl)s2)CC1. The molecule has 1 N–H and O–H groups in total. The van der Waals surface area contributed by atoms with Crippen molar-refractivity contribution in [2.75, 3.05) is 19.7 Å². The maximum absolute atomic E-state index is 12.4. The van der Waals surface area contributed by atoms with Crippen LogP contribution in [0.25, 0.3) is 0 Å². The molecule has 1 saturated heterocycles. The molecule has 0 bridgehead atoms. The van der Waals surface area contributed by atoms with Crippen molar-refractivity contribution in [2.45, 2.75) is 29.6 Å². The molecule has 0 spiro atoms. The van der Waals surface area contributed by atoms with Gasteiger partial charge in [0.05, 0.1) is 23.5 Å². The van der Waals surface area contributed by atoms with Crippen molar-refractivity contribution in [1.82, 2.24) is 4.31 Å². The van der Waals surface area contributed by atoms with Crippen LogP contribution in [0.2, 0.25) is 4.34 Å². The molecule has 1 fully saturated rings. The second kappa shape index (κ2) is 7.06. The predicted molar refractivity (Wildman–Crippen MR) is 79.3 cm³/mol. The van der Waals surface area contributed by atoms with Crippen molar-refractivity contribution in [3.63, 3.8) is 0 Å². The lowest BCUT2D eigenvalue weighted by Crippen LogP contribution is -2.40. The van der Waals surface area contributed by atoms with Crippen LogP contribution in [-0.2, 0) is 19.6 Å². The predicted octanol–water partition coefficient (Wildman–Crippen LogP) is 2.05. The standard InChI is InChI=1S/C12H16ClNO5S2/c13-10-1-2-12(20-10)21(17,18)14-6-3-9(4-7-14)19-8-5-11(15)16/h1-2,9H,3-8H2,(H,15,16). The minimum absolute atomic E-state index is 0.0355. The molecule has 2 heterocycles. The minimum Gasteiger partial charge on any atom is -0.481 e. The van der Waals surface area contributed by atoms with Crippen molar-refractivity contribution in [2.24, 2.45) is 0 Å². The van der Waals surface area contributed by atoms with Crippen LogP contribution in [0.15, 0.2) is 16.3 Å². The number of nitrogens with zero attached hydrogens (tertiary/aromatic N) is 1. The molecule has 2 rings (SSSR count). The zero-order valence-electron chi connectivity index (χ0n) is 11.2. The lowest BCUT2D eigenvalue weighted by atomic mass is 10.1. The first-order chi connectivity index (χ1) is 9.89. The Hall–Kier alpha value is -0.670. The van der Waals surface area contributed by atoms with Crippen LogP contribution in [0.4, 0.5) is 0 Å². The summed E-state index contributed by atoms with van der Waals surface area (Å²) in [6.45, 7) is 0.901. The average molecular weight is 354 g/mol. The Kier molecular flexibility index (Phi) is 5.61. The van der Waals surface area contributed by atoms with E-state index in [1.54, 1.807) is 6.07 Å². The van der Waals surface area contributed by atoms with E-state index in [1.165, 1.54) is 10.4 Å². The number of halogens is 1. The smallest absolute Gasteiger partial charge is 0.305 e. The van der Waals surface area contributed by atoms with Gasteiger partial charge in [-0.3, -0.25) is 4.79 Å². The molecule has 1 aliphatic heterocycles. The lowest BCUT2D eigenvalue weighted by molar-refractivity contribution is -0.138. The summed E-state index contributed by atoms with van der Waals surface area (Å²) in [5.41, 5.74) is 0. The van der Waals surface area contributed by atoms with E-state index in [1.807, 2.05) is 0 Å². The molecule has 1 aromatic rings. The third kappa shape index (κ3) is 4.40. The Morgan fingerprint density at radius 1 is 1.43 bits per heavy atom. The fourth-order valence-electron chi connectivity index (χ4n) is 2.12.